The van der Waals surface area contributed by atoms with E-state index in [0.29, 0.717) is 47.0 Å². The summed E-state index contributed by atoms with van der Waals surface area (Å²) in [5.41, 5.74) is 1.68. The molecule has 0 atom stereocenters. The first-order chi connectivity index (χ1) is 16.9. The number of nitrogens with one attached hydrogen (secondary N) is 1. The molecular formula is C25H27N5O4S. The van der Waals surface area contributed by atoms with E-state index in [4.69, 9.17) is 4.74 Å². The summed E-state index contributed by atoms with van der Waals surface area (Å²) >= 11 is 1.16. The van der Waals surface area contributed by atoms with Gasteiger partial charge in [0.05, 0.1) is 28.0 Å². The number of para-hydroxylation sites is 2. The Bertz CT molecular complexity index is 1470. The highest BCUT2D eigenvalue weighted by molar-refractivity contribution is 7.99. The molecule has 0 bridgehead atoms. The molecule has 2 aromatic carbocycles. The van der Waals surface area contributed by atoms with Crippen molar-refractivity contribution < 1.29 is 9.53 Å². The van der Waals surface area contributed by atoms with Gasteiger partial charge in [0.25, 0.3) is 11.1 Å². The first kappa shape index (κ1) is 24.5. The number of nitrogens with zero attached hydrogens (tertiary/aromatic N) is 4. The summed E-state index contributed by atoms with van der Waals surface area (Å²) in [4.78, 5) is 43.6. The van der Waals surface area contributed by atoms with Crippen LogP contribution in [-0.2, 0) is 23.1 Å². The molecule has 0 aliphatic carbocycles. The summed E-state index contributed by atoms with van der Waals surface area (Å²) in [6.07, 6.45) is 0.637. The molecule has 9 nitrogen and oxygen atoms in total. The fourth-order valence-corrected chi connectivity index (χ4v) is 4.67. The Kier molecular flexibility index (Phi) is 7.52. The van der Waals surface area contributed by atoms with E-state index in [1.54, 1.807) is 48.5 Å². The van der Waals surface area contributed by atoms with E-state index >= 15 is 0 Å². The van der Waals surface area contributed by atoms with Gasteiger partial charge in [-0.2, -0.15) is 0 Å². The standard InChI is InChI=1S/C25H27N5O4S/c1-17-22(24(33)30(28(17)2)18-10-5-4-6-11-18)27-21(31)16-35-25-26-20-13-8-7-12-19(20)23(32)29(25)14-9-15-34-3/h4-8,10-13H,9,14-16H2,1-3H3,(H,27,31). The van der Waals surface area contributed by atoms with Crippen LogP contribution < -0.4 is 16.4 Å². The first-order valence-electron chi connectivity index (χ1n) is 11.2. The number of amides is 1. The Morgan fingerprint density at radius 1 is 1.06 bits per heavy atom. The van der Waals surface area contributed by atoms with Gasteiger partial charge in [-0.1, -0.05) is 42.1 Å². The molecule has 10 heteroatoms. The molecule has 4 rings (SSSR count). The van der Waals surface area contributed by atoms with Crippen LogP contribution in [0.2, 0.25) is 0 Å². The van der Waals surface area contributed by atoms with E-state index in [1.165, 1.54) is 4.68 Å². The minimum Gasteiger partial charge on any atom is -0.385 e. The highest BCUT2D eigenvalue weighted by Gasteiger charge is 2.19. The molecule has 0 saturated heterocycles. The molecule has 0 spiro atoms. The predicted molar refractivity (Wildman–Crippen MR) is 138 cm³/mol. The first-order valence-corrected chi connectivity index (χ1v) is 12.2. The summed E-state index contributed by atoms with van der Waals surface area (Å²) in [6.45, 7) is 2.71. The lowest BCUT2D eigenvalue weighted by atomic mass is 10.2. The maximum absolute atomic E-state index is 13.1. The molecule has 182 valence electrons. The Morgan fingerprint density at radius 2 is 1.77 bits per heavy atom. The number of hydrogen-bond donors (Lipinski definition) is 1. The van der Waals surface area contributed by atoms with E-state index in [-0.39, 0.29) is 28.5 Å². The molecule has 0 radical (unpaired) electrons. The van der Waals surface area contributed by atoms with Crippen LogP contribution in [-0.4, -0.2) is 44.3 Å². The van der Waals surface area contributed by atoms with Gasteiger partial charge in [-0.15, -0.1) is 0 Å². The number of ether oxygens (including phenoxy) is 1. The molecule has 4 aromatic rings. The molecule has 0 aliphatic heterocycles. The van der Waals surface area contributed by atoms with Gasteiger partial charge in [-0.25, -0.2) is 9.67 Å². The van der Waals surface area contributed by atoms with Crippen molar-refractivity contribution in [3.8, 4) is 5.69 Å². The van der Waals surface area contributed by atoms with Crippen molar-refractivity contribution in [1.29, 1.82) is 0 Å². The second kappa shape index (κ2) is 10.7. The van der Waals surface area contributed by atoms with Crippen LogP contribution in [0.4, 0.5) is 5.69 Å². The molecule has 0 saturated carbocycles. The average Bonchev–Trinajstić information content (AvgIpc) is 3.07. The number of thioether (sulfide) groups is 1. The molecule has 1 N–H and O–H groups in total. The van der Waals surface area contributed by atoms with Gasteiger partial charge < -0.3 is 10.1 Å². The van der Waals surface area contributed by atoms with Crippen molar-refractivity contribution in [2.75, 3.05) is 24.8 Å². The Labute approximate surface area is 206 Å². The van der Waals surface area contributed by atoms with Gasteiger partial charge in [0, 0.05) is 27.3 Å². The monoisotopic (exact) mass is 493 g/mol. The maximum Gasteiger partial charge on any atom is 0.295 e. The van der Waals surface area contributed by atoms with E-state index in [1.807, 2.05) is 36.4 Å². The number of benzene rings is 2. The number of fused-ring (bicyclic) bond motifs is 1. The molecule has 35 heavy (non-hydrogen) atoms. The smallest absolute Gasteiger partial charge is 0.295 e. The largest absolute Gasteiger partial charge is 0.385 e. The van der Waals surface area contributed by atoms with Crippen molar-refractivity contribution in [3.63, 3.8) is 0 Å². The predicted octanol–water partition coefficient (Wildman–Crippen LogP) is 2.96. The minimum absolute atomic E-state index is 0.00578. The van der Waals surface area contributed by atoms with Crippen molar-refractivity contribution in [2.45, 2.75) is 25.0 Å². The fourth-order valence-electron chi connectivity index (χ4n) is 3.84. The molecule has 2 heterocycles. The summed E-state index contributed by atoms with van der Waals surface area (Å²) in [7, 11) is 3.38. The lowest BCUT2D eigenvalue weighted by Gasteiger charge is -2.13. The highest BCUT2D eigenvalue weighted by atomic mass is 32.2. The molecule has 0 unspecified atom stereocenters. The number of methoxy groups -OCH3 is 1. The third-order valence-corrected chi connectivity index (χ3v) is 6.68. The van der Waals surface area contributed by atoms with E-state index in [2.05, 4.69) is 10.3 Å². The summed E-state index contributed by atoms with van der Waals surface area (Å²) in [6, 6.07) is 16.4. The second-order valence-electron chi connectivity index (χ2n) is 7.99. The van der Waals surface area contributed by atoms with Crippen LogP contribution in [0.5, 0.6) is 0 Å². The minimum atomic E-state index is -0.355. The normalized spacial score (nSPS) is 11.2. The van der Waals surface area contributed by atoms with Gasteiger partial charge in [-0.05, 0) is 37.6 Å². The van der Waals surface area contributed by atoms with E-state index in [9.17, 15) is 14.4 Å². The Hall–Kier alpha value is -3.63. The van der Waals surface area contributed by atoms with Gasteiger partial charge >= 0.3 is 0 Å². The molecule has 1 amide bonds. The maximum atomic E-state index is 13.1. The van der Waals surface area contributed by atoms with Crippen LogP contribution in [0.3, 0.4) is 0 Å². The number of hydrogen-bond acceptors (Lipinski definition) is 6. The van der Waals surface area contributed by atoms with Crippen LogP contribution in [0, 0.1) is 6.92 Å². The summed E-state index contributed by atoms with van der Waals surface area (Å²) in [5, 5.41) is 3.73. The summed E-state index contributed by atoms with van der Waals surface area (Å²) < 4.78 is 9.92. The molecular weight excluding hydrogens is 466 g/mol. The van der Waals surface area contributed by atoms with E-state index in [0.717, 1.165) is 11.8 Å². The van der Waals surface area contributed by atoms with Gasteiger partial charge in [-0.3, -0.25) is 23.6 Å². The number of carbonyl (C=O) groups excluding carboxylic acids is 1. The summed E-state index contributed by atoms with van der Waals surface area (Å²) in [5.74, 6) is -0.361. The zero-order valence-corrected chi connectivity index (χ0v) is 20.7. The number of anilines is 1. The number of rotatable bonds is 9. The fraction of sp³-hybridized carbons (Fsp3) is 0.280. The van der Waals surface area contributed by atoms with Crippen molar-refractivity contribution in [3.05, 3.63) is 81.0 Å². The van der Waals surface area contributed by atoms with Crippen LogP contribution >= 0.6 is 11.8 Å². The van der Waals surface area contributed by atoms with Crippen molar-refractivity contribution >= 4 is 34.3 Å². The SMILES string of the molecule is COCCCn1c(SCC(=O)Nc2c(C)n(C)n(-c3ccccc3)c2=O)nc2ccccc2c1=O. The second-order valence-corrected chi connectivity index (χ2v) is 8.93. The number of carbonyl (C=O) groups is 1. The topological polar surface area (TPSA) is 100 Å². The van der Waals surface area contributed by atoms with Gasteiger partial charge in [0.2, 0.25) is 5.91 Å². The molecule has 2 aromatic heterocycles. The van der Waals surface area contributed by atoms with Gasteiger partial charge in [0.15, 0.2) is 5.16 Å². The van der Waals surface area contributed by atoms with Crippen LogP contribution in [0.25, 0.3) is 16.6 Å². The van der Waals surface area contributed by atoms with Crippen molar-refractivity contribution in [1.82, 2.24) is 18.9 Å². The third-order valence-electron chi connectivity index (χ3n) is 5.71. The Morgan fingerprint density at radius 3 is 2.51 bits per heavy atom. The van der Waals surface area contributed by atoms with Gasteiger partial charge in [0.1, 0.15) is 5.69 Å². The van der Waals surface area contributed by atoms with E-state index < -0.39 is 0 Å². The zero-order chi connectivity index (χ0) is 24.9. The number of aromatic nitrogens is 4. The third kappa shape index (κ3) is 5.08. The lowest BCUT2D eigenvalue weighted by molar-refractivity contribution is -0.113. The quantitative estimate of drug-likeness (QED) is 0.219. The zero-order valence-electron chi connectivity index (χ0n) is 19.9. The van der Waals surface area contributed by atoms with Crippen molar-refractivity contribution in [2.24, 2.45) is 7.05 Å². The highest BCUT2D eigenvalue weighted by Crippen LogP contribution is 2.19. The Balaban J connectivity index is 1.56. The van der Waals surface area contributed by atoms with Crippen LogP contribution in [0.15, 0.2) is 69.3 Å². The lowest BCUT2D eigenvalue weighted by Crippen LogP contribution is -2.26. The molecule has 0 fully saturated rings. The molecule has 0 aliphatic rings. The average molecular weight is 494 g/mol. The van der Waals surface area contributed by atoms with Crippen LogP contribution in [0.1, 0.15) is 12.1 Å².